The third kappa shape index (κ3) is 1.97. The summed E-state index contributed by atoms with van der Waals surface area (Å²) in [4.78, 5) is 4.49. The predicted molar refractivity (Wildman–Crippen MR) is 69.0 cm³/mol. The molecule has 0 saturated carbocycles. The van der Waals surface area contributed by atoms with Crippen LogP contribution in [0.15, 0.2) is 18.2 Å². The maximum Gasteiger partial charge on any atom is 0.0907 e. The van der Waals surface area contributed by atoms with Gasteiger partial charge in [0.1, 0.15) is 0 Å². The van der Waals surface area contributed by atoms with Crippen molar-refractivity contribution in [1.29, 1.82) is 0 Å². The minimum absolute atomic E-state index is 0.825. The van der Waals surface area contributed by atoms with Crippen molar-refractivity contribution in [2.24, 2.45) is 5.92 Å². The van der Waals surface area contributed by atoms with E-state index in [9.17, 15) is 0 Å². The van der Waals surface area contributed by atoms with E-state index in [2.05, 4.69) is 35.4 Å². The molecule has 1 fully saturated rings. The molecule has 84 valence electrons. The molecule has 1 unspecified atom stereocenters. The molecule has 0 bridgehead atoms. The Hall–Kier alpha value is -0.930. The zero-order chi connectivity index (χ0) is 11.0. The first-order valence-electron chi connectivity index (χ1n) is 5.88. The van der Waals surface area contributed by atoms with Gasteiger partial charge in [-0.25, -0.2) is 4.98 Å². The quantitative estimate of drug-likeness (QED) is 0.861. The number of nitrogens with one attached hydrogen (secondary N) is 1. The lowest BCUT2D eigenvalue weighted by Gasteiger charge is -2.07. The SMILES string of the molecule is Cc1nc2ccc(CC3CCNC3)cc2s1. The normalized spacial score (nSPS) is 20.7. The molecule has 1 saturated heterocycles. The number of hydrogen-bond donors (Lipinski definition) is 1. The Bertz CT molecular complexity index is 498. The molecule has 0 aliphatic carbocycles. The molecule has 0 radical (unpaired) electrons. The zero-order valence-electron chi connectivity index (χ0n) is 9.49. The molecule has 1 N–H and O–H groups in total. The lowest BCUT2D eigenvalue weighted by Crippen LogP contribution is -2.10. The first-order valence-corrected chi connectivity index (χ1v) is 6.70. The van der Waals surface area contributed by atoms with E-state index in [1.54, 1.807) is 11.3 Å². The predicted octanol–water partition coefficient (Wildman–Crippen LogP) is 2.76. The van der Waals surface area contributed by atoms with Crippen LogP contribution in [0, 0.1) is 12.8 Å². The maximum atomic E-state index is 4.49. The van der Waals surface area contributed by atoms with Gasteiger partial charge in [-0.15, -0.1) is 11.3 Å². The zero-order valence-corrected chi connectivity index (χ0v) is 10.3. The van der Waals surface area contributed by atoms with Crippen molar-refractivity contribution in [2.45, 2.75) is 19.8 Å². The van der Waals surface area contributed by atoms with E-state index in [0.717, 1.165) is 16.4 Å². The van der Waals surface area contributed by atoms with Crippen LogP contribution in [-0.2, 0) is 6.42 Å². The van der Waals surface area contributed by atoms with Gasteiger partial charge in [0.25, 0.3) is 0 Å². The fourth-order valence-corrected chi connectivity index (χ4v) is 3.32. The summed E-state index contributed by atoms with van der Waals surface area (Å²) in [6.45, 7) is 4.44. The van der Waals surface area contributed by atoms with Crippen LogP contribution in [0.25, 0.3) is 10.2 Å². The number of fused-ring (bicyclic) bond motifs is 1. The smallest absolute Gasteiger partial charge is 0.0907 e. The Morgan fingerprint density at radius 3 is 3.25 bits per heavy atom. The molecule has 1 aromatic carbocycles. The van der Waals surface area contributed by atoms with Gasteiger partial charge in [0, 0.05) is 0 Å². The number of rotatable bonds is 2. The van der Waals surface area contributed by atoms with Crippen LogP contribution in [0.4, 0.5) is 0 Å². The molecule has 3 rings (SSSR count). The molecule has 2 nitrogen and oxygen atoms in total. The van der Waals surface area contributed by atoms with Crippen molar-refractivity contribution in [3.63, 3.8) is 0 Å². The summed E-state index contributed by atoms with van der Waals surface area (Å²) >= 11 is 1.80. The lowest BCUT2D eigenvalue weighted by molar-refractivity contribution is 0.580. The van der Waals surface area contributed by atoms with Gasteiger partial charge < -0.3 is 5.32 Å². The van der Waals surface area contributed by atoms with Crippen LogP contribution in [-0.4, -0.2) is 18.1 Å². The largest absolute Gasteiger partial charge is 0.316 e. The highest BCUT2D eigenvalue weighted by Gasteiger charge is 2.15. The van der Waals surface area contributed by atoms with Crippen molar-refractivity contribution >= 4 is 21.6 Å². The van der Waals surface area contributed by atoms with Crippen LogP contribution < -0.4 is 5.32 Å². The van der Waals surface area contributed by atoms with Gasteiger partial charge in [0.2, 0.25) is 0 Å². The topological polar surface area (TPSA) is 24.9 Å². The molecule has 1 atom stereocenters. The number of thiazole rings is 1. The van der Waals surface area contributed by atoms with E-state index in [1.807, 2.05) is 0 Å². The fraction of sp³-hybridized carbons (Fsp3) is 0.462. The second-order valence-corrected chi connectivity index (χ2v) is 5.83. The van der Waals surface area contributed by atoms with Crippen molar-refractivity contribution in [3.05, 3.63) is 28.8 Å². The minimum Gasteiger partial charge on any atom is -0.316 e. The van der Waals surface area contributed by atoms with E-state index in [-0.39, 0.29) is 0 Å². The Balaban J connectivity index is 1.86. The highest BCUT2D eigenvalue weighted by Crippen LogP contribution is 2.24. The van der Waals surface area contributed by atoms with Crippen molar-refractivity contribution in [2.75, 3.05) is 13.1 Å². The van der Waals surface area contributed by atoms with Gasteiger partial charge in [0.15, 0.2) is 0 Å². The molecule has 16 heavy (non-hydrogen) atoms. The summed E-state index contributed by atoms with van der Waals surface area (Å²) in [7, 11) is 0. The van der Waals surface area contributed by atoms with Crippen molar-refractivity contribution < 1.29 is 0 Å². The standard InChI is InChI=1S/C13H16N2S/c1-9-15-12-3-2-10(7-13(12)16-9)6-11-4-5-14-8-11/h2-3,7,11,14H,4-6,8H2,1H3. The molecule has 2 heterocycles. The Morgan fingerprint density at radius 1 is 1.50 bits per heavy atom. The van der Waals surface area contributed by atoms with Gasteiger partial charge in [-0.05, 0) is 56.5 Å². The fourth-order valence-electron chi connectivity index (χ4n) is 2.43. The van der Waals surface area contributed by atoms with Crippen LogP contribution in [0.3, 0.4) is 0 Å². The van der Waals surface area contributed by atoms with Crippen LogP contribution in [0.5, 0.6) is 0 Å². The Morgan fingerprint density at radius 2 is 2.44 bits per heavy atom. The molecule has 0 spiro atoms. The van der Waals surface area contributed by atoms with E-state index in [1.165, 1.54) is 36.2 Å². The van der Waals surface area contributed by atoms with Gasteiger partial charge in [0.05, 0.1) is 15.2 Å². The summed E-state index contributed by atoms with van der Waals surface area (Å²) in [5.74, 6) is 0.825. The summed E-state index contributed by atoms with van der Waals surface area (Å²) in [6.07, 6.45) is 2.53. The van der Waals surface area contributed by atoms with Crippen LogP contribution in [0.2, 0.25) is 0 Å². The van der Waals surface area contributed by atoms with Crippen LogP contribution >= 0.6 is 11.3 Å². The molecule has 1 aliphatic heterocycles. The summed E-state index contributed by atoms with van der Waals surface area (Å²) in [5.41, 5.74) is 2.61. The van der Waals surface area contributed by atoms with Crippen molar-refractivity contribution in [1.82, 2.24) is 10.3 Å². The number of hydrogen-bond acceptors (Lipinski definition) is 3. The third-order valence-electron chi connectivity index (χ3n) is 3.25. The summed E-state index contributed by atoms with van der Waals surface area (Å²) in [6, 6.07) is 6.72. The van der Waals surface area contributed by atoms with E-state index >= 15 is 0 Å². The van der Waals surface area contributed by atoms with E-state index in [4.69, 9.17) is 0 Å². The highest BCUT2D eigenvalue weighted by molar-refractivity contribution is 7.18. The van der Waals surface area contributed by atoms with E-state index < -0.39 is 0 Å². The average Bonchev–Trinajstić information content (AvgIpc) is 2.85. The first kappa shape index (κ1) is 10.2. The van der Waals surface area contributed by atoms with Crippen LogP contribution in [0.1, 0.15) is 17.0 Å². The molecule has 1 aliphatic rings. The molecule has 1 aromatic heterocycles. The van der Waals surface area contributed by atoms with Gasteiger partial charge in [-0.3, -0.25) is 0 Å². The second kappa shape index (κ2) is 4.15. The highest BCUT2D eigenvalue weighted by atomic mass is 32.1. The molecule has 3 heteroatoms. The van der Waals surface area contributed by atoms with Gasteiger partial charge in [-0.2, -0.15) is 0 Å². The third-order valence-corrected chi connectivity index (χ3v) is 4.18. The molecular weight excluding hydrogens is 216 g/mol. The second-order valence-electron chi connectivity index (χ2n) is 4.60. The lowest BCUT2D eigenvalue weighted by atomic mass is 9.99. The number of nitrogens with zero attached hydrogens (tertiary/aromatic N) is 1. The summed E-state index contributed by atoms with van der Waals surface area (Å²) in [5, 5.41) is 4.59. The number of aromatic nitrogens is 1. The monoisotopic (exact) mass is 232 g/mol. The van der Waals surface area contributed by atoms with Gasteiger partial charge in [-0.1, -0.05) is 6.07 Å². The summed E-state index contributed by atoms with van der Waals surface area (Å²) < 4.78 is 1.33. The van der Waals surface area contributed by atoms with Gasteiger partial charge >= 0.3 is 0 Å². The van der Waals surface area contributed by atoms with Crippen molar-refractivity contribution in [3.8, 4) is 0 Å². The Labute approximate surface area is 99.7 Å². The maximum absolute atomic E-state index is 4.49. The molecular formula is C13H16N2S. The average molecular weight is 232 g/mol. The molecule has 0 amide bonds. The molecule has 2 aromatic rings. The number of benzene rings is 1. The minimum atomic E-state index is 0.825. The Kier molecular flexibility index (Phi) is 2.65. The first-order chi connectivity index (χ1) is 7.81. The van der Waals surface area contributed by atoms with E-state index in [0.29, 0.717) is 0 Å². The number of aryl methyl sites for hydroxylation is 1.